The average molecular weight is 328 g/mol. The molecule has 0 saturated heterocycles. The zero-order valence-corrected chi connectivity index (χ0v) is 14.8. The molecule has 24 heavy (non-hydrogen) atoms. The second-order valence-corrected chi connectivity index (χ2v) is 5.74. The lowest BCUT2D eigenvalue weighted by atomic mass is 10.1. The Morgan fingerprint density at radius 3 is 2.17 bits per heavy atom. The molecular weight excluding hydrogens is 304 g/mol. The minimum Gasteiger partial charge on any atom is -0.493 e. The van der Waals surface area contributed by atoms with Crippen LogP contribution in [0.1, 0.15) is 18.1 Å². The topological polar surface area (TPSA) is 59.6 Å². The van der Waals surface area contributed by atoms with Crippen molar-refractivity contribution in [2.24, 2.45) is 0 Å². The summed E-state index contributed by atoms with van der Waals surface area (Å²) in [4.78, 5) is 12.4. The van der Waals surface area contributed by atoms with E-state index in [2.05, 4.69) is 10.6 Å². The van der Waals surface area contributed by atoms with Crippen LogP contribution in [0.5, 0.6) is 11.5 Å². The molecule has 2 N–H and O–H groups in total. The molecule has 0 spiro atoms. The van der Waals surface area contributed by atoms with E-state index in [0.29, 0.717) is 11.5 Å². The molecule has 0 unspecified atom stereocenters. The quantitative estimate of drug-likeness (QED) is 0.847. The Morgan fingerprint density at radius 2 is 1.58 bits per heavy atom. The molecule has 0 aliphatic rings. The van der Waals surface area contributed by atoms with Crippen molar-refractivity contribution in [2.75, 3.05) is 24.9 Å². The minimum atomic E-state index is -0.400. The van der Waals surface area contributed by atoms with Gasteiger partial charge >= 0.3 is 0 Å². The van der Waals surface area contributed by atoms with Crippen molar-refractivity contribution in [3.05, 3.63) is 47.5 Å². The van der Waals surface area contributed by atoms with Crippen molar-refractivity contribution >= 4 is 17.3 Å². The molecule has 0 bridgehead atoms. The van der Waals surface area contributed by atoms with Crippen LogP contribution in [0.25, 0.3) is 0 Å². The molecule has 0 radical (unpaired) electrons. The molecule has 0 saturated carbocycles. The lowest BCUT2D eigenvalue weighted by molar-refractivity contribution is -0.116. The van der Waals surface area contributed by atoms with Crippen LogP contribution in [0.4, 0.5) is 11.4 Å². The minimum absolute atomic E-state index is 0.104. The first kappa shape index (κ1) is 17.7. The van der Waals surface area contributed by atoms with E-state index in [0.717, 1.165) is 22.5 Å². The summed E-state index contributed by atoms with van der Waals surface area (Å²) in [5, 5.41) is 6.12. The highest BCUT2D eigenvalue weighted by molar-refractivity contribution is 5.96. The third kappa shape index (κ3) is 4.19. The predicted octanol–water partition coefficient (Wildman–Crippen LogP) is 3.76. The highest BCUT2D eigenvalue weighted by atomic mass is 16.5. The number of rotatable bonds is 6. The van der Waals surface area contributed by atoms with Gasteiger partial charge in [0.1, 0.15) is 6.04 Å². The highest BCUT2D eigenvalue weighted by Gasteiger charge is 2.16. The maximum absolute atomic E-state index is 12.4. The Labute approximate surface area is 143 Å². The van der Waals surface area contributed by atoms with Gasteiger partial charge < -0.3 is 20.1 Å². The molecule has 2 aromatic carbocycles. The fourth-order valence-corrected chi connectivity index (χ4v) is 2.32. The molecular formula is C19H24N2O3. The van der Waals surface area contributed by atoms with E-state index in [1.807, 2.05) is 57.2 Å². The van der Waals surface area contributed by atoms with Gasteiger partial charge in [-0.15, -0.1) is 0 Å². The summed E-state index contributed by atoms with van der Waals surface area (Å²) < 4.78 is 10.6. The number of aryl methyl sites for hydroxylation is 2. The second kappa shape index (κ2) is 7.73. The van der Waals surface area contributed by atoms with Crippen molar-refractivity contribution in [3.63, 3.8) is 0 Å². The van der Waals surface area contributed by atoms with Crippen molar-refractivity contribution < 1.29 is 14.3 Å². The molecule has 0 aliphatic carbocycles. The summed E-state index contributed by atoms with van der Waals surface area (Å²) >= 11 is 0. The number of amides is 1. The van der Waals surface area contributed by atoms with Crippen LogP contribution in [0, 0.1) is 13.8 Å². The van der Waals surface area contributed by atoms with Crippen molar-refractivity contribution in [1.82, 2.24) is 0 Å². The highest BCUT2D eigenvalue weighted by Crippen LogP contribution is 2.33. The first-order valence-electron chi connectivity index (χ1n) is 7.81. The van der Waals surface area contributed by atoms with Gasteiger partial charge in [0.05, 0.1) is 14.2 Å². The predicted molar refractivity (Wildman–Crippen MR) is 97.2 cm³/mol. The number of anilines is 2. The number of hydrogen-bond acceptors (Lipinski definition) is 4. The molecule has 0 aromatic heterocycles. The van der Waals surface area contributed by atoms with E-state index in [-0.39, 0.29) is 5.91 Å². The molecule has 0 aliphatic heterocycles. The van der Waals surface area contributed by atoms with Gasteiger partial charge in [-0.25, -0.2) is 0 Å². The lowest BCUT2D eigenvalue weighted by Crippen LogP contribution is -2.32. The van der Waals surface area contributed by atoms with E-state index >= 15 is 0 Å². The van der Waals surface area contributed by atoms with Gasteiger partial charge in [0.25, 0.3) is 0 Å². The normalized spacial score (nSPS) is 11.5. The Kier molecular flexibility index (Phi) is 5.68. The lowest BCUT2D eigenvalue weighted by Gasteiger charge is -2.19. The summed E-state index contributed by atoms with van der Waals surface area (Å²) in [6.45, 7) is 5.78. The van der Waals surface area contributed by atoms with Crippen LogP contribution in [-0.4, -0.2) is 26.2 Å². The number of carbonyl (C=O) groups is 1. The number of nitrogens with one attached hydrogen (secondary N) is 2. The molecule has 0 heterocycles. The van der Waals surface area contributed by atoms with Crippen LogP contribution in [0.15, 0.2) is 36.4 Å². The standard InChI is InChI=1S/C19H24N2O3/c1-12-6-8-15(9-7-12)21-19(22)14(3)20-16-11-18(24-5)17(23-4)10-13(16)2/h6-11,14,20H,1-5H3,(H,21,22)/t14-/m1/s1. The third-order valence-corrected chi connectivity index (χ3v) is 3.81. The molecule has 128 valence electrons. The molecule has 5 heteroatoms. The van der Waals surface area contributed by atoms with Crippen LogP contribution in [0.2, 0.25) is 0 Å². The van der Waals surface area contributed by atoms with E-state index in [1.165, 1.54) is 0 Å². The van der Waals surface area contributed by atoms with Gasteiger partial charge in [-0.3, -0.25) is 4.79 Å². The number of benzene rings is 2. The molecule has 1 atom stereocenters. The van der Waals surface area contributed by atoms with Gasteiger partial charge in [0.15, 0.2) is 11.5 Å². The fourth-order valence-electron chi connectivity index (χ4n) is 2.32. The number of ether oxygens (including phenoxy) is 2. The first-order valence-corrected chi connectivity index (χ1v) is 7.81. The summed E-state index contributed by atoms with van der Waals surface area (Å²) in [5.74, 6) is 1.18. The first-order chi connectivity index (χ1) is 11.4. The van der Waals surface area contributed by atoms with Gasteiger partial charge in [-0.2, -0.15) is 0 Å². The summed E-state index contributed by atoms with van der Waals surface area (Å²) in [6.07, 6.45) is 0. The molecule has 5 nitrogen and oxygen atoms in total. The SMILES string of the molecule is COc1cc(C)c(N[C@H](C)C(=O)Nc2ccc(C)cc2)cc1OC. The zero-order valence-electron chi connectivity index (χ0n) is 14.8. The Hall–Kier alpha value is -2.69. The maximum Gasteiger partial charge on any atom is 0.246 e. The summed E-state index contributed by atoms with van der Waals surface area (Å²) in [7, 11) is 3.19. The Morgan fingerprint density at radius 1 is 1.00 bits per heavy atom. The molecule has 1 amide bonds. The second-order valence-electron chi connectivity index (χ2n) is 5.74. The van der Waals surface area contributed by atoms with Crippen LogP contribution < -0.4 is 20.1 Å². The van der Waals surface area contributed by atoms with Crippen LogP contribution >= 0.6 is 0 Å². The molecule has 2 aromatic rings. The number of hydrogen-bond donors (Lipinski definition) is 2. The van der Waals surface area contributed by atoms with Crippen LogP contribution in [0.3, 0.4) is 0 Å². The number of methoxy groups -OCH3 is 2. The fraction of sp³-hybridized carbons (Fsp3) is 0.316. The van der Waals surface area contributed by atoms with Crippen molar-refractivity contribution in [1.29, 1.82) is 0 Å². The average Bonchev–Trinajstić information content (AvgIpc) is 2.58. The monoisotopic (exact) mass is 328 g/mol. The van der Waals surface area contributed by atoms with Gasteiger partial charge in [-0.05, 0) is 44.5 Å². The Bertz CT molecular complexity index is 711. The van der Waals surface area contributed by atoms with Gasteiger partial charge in [0.2, 0.25) is 5.91 Å². The number of carbonyl (C=O) groups excluding carboxylic acids is 1. The van der Waals surface area contributed by atoms with Crippen molar-refractivity contribution in [3.8, 4) is 11.5 Å². The van der Waals surface area contributed by atoms with Gasteiger partial charge in [-0.1, -0.05) is 17.7 Å². The van der Waals surface area contributed by atoms with E-state index in [9.17, 15) is 4.79 Å². The largest absolute Gasteiger partial charge is 0.493 e. The zero-order chi connectivity index (χ0) is 17.7. The van der Waals surface area contributed by atoms with Crippen molar-refractivity contribution in [2.45, 2.75) is 26.8 Å². The molecule has 0 fully saturated rings. The van der Waals surface area contributed by atoms with Crippen LogP contribution in [-0.2, 0) is 4.79 Å². The van der Waals surface area contributed by atoms with E-state index in [4.69, 9.17) is 9.47 Å². The Balaban J connectivity index is 2.09. The maximum atomic E-state index is 12.4. The summed E-state index contributed by atoms with van der Waals surface area (Å²) in [5.41, 5.74) is 3.74. The summed E-state index contributed by atoms with van der Waals surface area (Å²) in [6, 6.07) is 11.0. The molecule has 2 rings (SSSR count). The smallest absolute Gasteiger partial charge is 0.246 e. The third-order valence-electron chi connectivity index (χ3n) is 3.81. The van der Waals surface area contributed by atoms with E-state index < -0.39 is 6.04 Å². The van der Waals surface area contributed by atoms with Gasteiger partial charge in [0, 0.05) is 17.4 Å². The van der Waals surface area contributed by atoms with E-state index in [1.54, 1.807) is 14.2 Å².